The molecule has 0 radical (unpaired) electrons. The number of hydrogen-bond acceptors (Lipinski definition) is 4. The molecule has 0 saturated carbocycles. The van der Waals surface area contributed by atoms with Gasteiger partial charge in [0.05, 0.1) is 11.3 Å². The molecule has 0 spiro atoms. The smallest absolute Gasteiger partial charge is 0.101 e. The molecule has 4 nitrogen and oxygen atoms in total. The third-order valence-corrected chi connectivity index (χ3v) is 4.01. The number of nitrogens with zero attached hydrogens (tertiary/aromatic N) is 3. The third-order valence-electron chi connectivity index (χ3n) is 4.01. The normalized spacial score (nSPS) is 18.1. The highest BCUT2D eigenvalue weighted by molar-refractivity contribution is 5.64. The fourth-order valence-corrected chi connectivity index (χ4v) is 2.58. The zero-order chi connectivity index (χ0) is 13.8. The number of nitrogen functional groups attached to an aromatic ring is 1. The molecule has 4 heteroatoms. The van der Waals surface area contributed by atoms with E-state index in [-0.39, 0.29) is 0 Å². The van der Waals surface area contributed by atoms with Crippen LogP contribution in [0, 0.1) is 11.3 Å². The summed E-state index contributed by atoms with van der Waals surface area (Å²) >= 11 is 0. The van der Waals surface area contributed by atoms with Crippen LogP contribution in [0.2, 0.25) is 0 Å². The molecular weight excluding hydrogens is 236 g/mol. The molecule has 0 bridgehead atoms. The fourth-order valence-electron chi connectivity index (χ4n) is 2.58. The lowest BCUT2D eigenvalue weighted by Gasteiger charge is -2.39. The topological polar surface area (TPSA) is 56.3 Å². The Kier molecular flexibility index (Phi) is 4.28. The minimum absolute atomic E-state index is 0.643. The SMILES string of the molecule is CCC(C)N1CCN(c2ccc(N)cc2C#N)CC1. The highest BCUT2D eigenvalue weighted by Crippen LogP contribution is 2.24. The van der Waals surface area contributed by atoms with Gasteiger partial charge in [0, 0.05) is 37.9 Å². The van der Waals surface area contributed by atoms with Crippen LogP contribution in [0.5, 0.6) is 0 Å². The van der Waals surface area contributed by atoms with Gasteiger partial charge in [0.1, 0.15) is 6.07 Å². The molecular formula is C15H22N4. The van der Waals surface area contributed by atoms with Gasteiger partial charge in [-0.1, -0.05) is 6.92 Å². The maximum Gasteiger partial charge on any atom is 0.101 e. The molecule has 2 N–H and O–H groups in total. The number of piperazine rings is 1. The summed E-state index contributed by atoms with van der Waals surface area (Å²) in [6, 6.07) is 8.48. The highest BCUT2D eigenvalue weighted by atomic mass is 15.3. The largest absolute Gasteiger partial charge is 0.399 e. The molecule has 0 aliphatic carbocycles. The van der Waals surface area contributed by atoms with E-state index in [4.69, 9.17) is 5.73 Å². The van der Waals surface area contributed by atoms with Gasteiger partial charge in [0.15, 0.2) is 0 Å². The van der Waals surface area contributed by atoms with Crippen molar-refractivity contribution in [3.63, 3.8) is 0 Å². The number of anilines is 2. The van der Waals surface area contributed by atoms with Crippen LogP contribution in [0.25, 0.3) is 0 Å². The first-order chi connectivity index (χ1) is 9.15. The predicted octanol–water partition coefficient (Wildman–Crippen LogP) is 2.06. The molecule has 0 aromatic heterocycles. The second-order valence-corrected chi connectivity index (χ2v) is 5.17. The molecule has 1 aromatic rings. The average Bonchev–Trinajstić information content (AvgIpc) is 2.46. The number of hydrogen-bond donors (Lipinski definition) is 1. The second-order valence-electron chi connectivity index (χ2n) is 5.17. The number of benzene rings is 1. The molecule has 1 aliphatic rings. The molecule has 1 fully saturated rings. The predicted molar refractivity (Wildman–Crippen MR) is 79.1 cm³/mol. The van der Waals surface area contributed by atoms with Crippen LogP contribution < -0.4 is 10.6 Å². The molecule has 1 aliphatic heterocycles. The van der Waals surface area contributed by atoms with Crippen LogP contribution in [-0.4, -0.2) is 37.1 Å². The lowest BCUT2D eigenvalue weighted by Crippen LogP contribution is -2.49. The van der Waals surface area contributed by atoms with Crippen LogP contribution in [0.3, 0.4) is 0 Å². The fraction of sp³-hybridized carbons (Fsp3) is 0.533. The summed E-state index contributed by atoms with van der Waals surface area (Å²) in [4.78, 5) is 4.80. The summed E-state index contributed by atoms with van der Waals surface area (Å²) in [6.07, 6.45) is 1.19. The quantitative estimate of drug-likeness (QED) is 0.843. The van der Waals surface area contributed by atoms with Gasteiger partial charge in [0.25, 0.3) is 0 Å². The van der Waals surface area contributed by atoms with Crippen molar-refractivity contribution in [2.45, 2.75) is 26.3 Å². The highest BCUT2D eigenvalue weighted by Gasteiger charge is 2.21. The van der Waals surface area contributed by atoms with E-state index in [1.54, 1.807) is 6.07 Å². The van der Waals surface area contributed by atoms with Crippen LogP contribution in [-0.2, 0) is 0 Å². The van der Waals surface area contributed by atoms with Gasteiger partial charge in [-0.2, -0.15) is 5.26 Å². The monoisotopic (exact) mass is 258 g/mol. The van der Waals surface area contributed by atoms with E-state index in [1.165, 1.54) is 6.42 Å². The van der Waals surface area contributed by atoms with Crippen molar-refractivity contribution in [3.05, 3.63) is 23.8 Å². The Bertz CT molecular complexity index is 470. The first-order valence-corrected chi connectivity index (χ1v) is 6.94. The minimum Gasteiger partial charge on any atom is -0.399 e. The summed E-state index contributed by atoms with van der Waals surface area (Å²) in [5, 5.41) is 9.21. The number of nitrogens with two attached hydrogens (primary N) is 1. The van der Waals surface area contributed by atoms with Crippen molar-refractivity contribution in [2.24, 2.45) is 0 Å². The van der Waals surface area contributed by atoms with Crippen molar-refractivity contribution in [3.8, 4) is 6.07 Å². The molecule has 0 amide bonds. The van der Waals surface area contributed by atoms with Crippen molar-refractivity contribution in [1.29, 1.82) is 5.26 Å². The van der Waals surface area contributed by atoms with Crippen molar-refractivity contribution in [2.75, 3.05) is 36.8 Å². The molecule has 1 atom stereocenters. The Balaban J connectivity index is 2.08. The summed E-state index contributed by atoms with van der Waals surface area (Å²) in [5.74, 6) is 0. The van der Waals surface area contributed by atoms with E-state index >= 15 is 0 Å². The molecule has 2 rings (SSSR count). The Labute approximate surface area is 115 Å². The van der Waals surface area contributed by atoms with Crippen LogP contribution >= 0.6 is 0 Å². The molecule has 102 valence electrons. The minimum atomic E-state index is 0.643. The van der Waals surface area contributed by atoms with E-state index in [1.807, 2.05) is 12.1 Å². The van der Waals surface area contributed by atoms with E-state index in [9.17, 15) is 5.26 Å². The zero-order valence-corrected chi connectivity index (χ0v) is 11.8. The Morgan fingerprint density at radius 1 is 1.32 bits per heavy atom. The van der Waals surface area contributed by atoms with E-state index in [0.717, 1.165) is 31.9 Å². The van der Waals surface area contributed by atoms with Gasteiger partial charge in [-0.25, -0.2) is 0 Å². The maximum atomic E-state index is 9.21. The second kappa shape index (κ2) is 5.94. The van der Waals surface area contributed by atoms with Crippen LogP contribution in [0.4, 0.5) is 11.4 Å². The van der Waals surface area contributed by atoms with Crippen molar-refractivity contribution in [1.82, 2.24) is 4.90 Å². The summed E-state index contributed by atoms with van der Waals surface area (Å²) in [5.41, 5.74) is 8.08. The van der Waals surface area contributed by atoms with E-state index < -0.39 is 0 Å². The Morgan fingerprint density at radius 2 is 2.00 bits per heavy atom. The van der Waals surface area contributed by atoms with Gasteiger partial charge < -0.3 is 10.6 Å². The molecule has 1 saturated heterocycles. The van der Waals surface area contributed by atoms with E-state index in [2.05, 4.69) is 29.7 Å². The van der Waals surface area contributed by atoms with Gasteiger partial charge in [-0.05, 0) is 31.5 Å². The van der Waals surface area contributed by atoms with Crippen LogP contribution in [0.1, 0.15) is 25.8 Å². The number of rotatable bonds is 3. The maximum absolute atomic E-state index is 9.21. The number of nitriles is 1. The van der Waals surface area contributed by atoms with E-state index in [0.29, 0.717) is 17.3 Å². The summed E-state index contributed by atoms with van der Waals surface area (Å²) in [7, 11) is 0. The Hall–Kier alpha value is -1.73. The molecule has 1 aromatic carbocycles. The zero-order valence-electron chi connectivity index (χ0n) is 11.8. The summed E-state index contributed by atoms with van der Waals surface area (Å²) in [6.45, 7) is 8.57. The molecule has 19 heavy (non-hydrogen) atoms. The third kappa shape index (κ3) is 2.99. The standard InChI is InChI=1S/C15H22N4/c1-3-12(2)18-6-8-19(9-7-18)15-5-4-14(17)10-13(15)11-16/h4-5,10,12H,3,6-9,17H2,1-2H3. The lowest BCUT2D eigenvalue weighted by atomic mass is 10.1. The summed E-state index contributed by atoms with van der Waals surface area (Å²) < 4.78 is 0. The first kappa shape index (κ1) is 13.7. The average molecular weight is 258 g/mol. The first-order valence-electron chi connectivity index (χ1n) is 6.94. The Morgan fingerprint density at radius 3 is 2.58 bits per heavy atom. The van der Waals surface area contributed by atoms with Crippen LogP contribution in [0.15, 0.2) is 18.2 Å². The molecule has 1 heterocycles. The molecule has 1 unspecified atom stereocenters. The van der Waals surface area contributed by atoms with Gasteiger partial charge in [0.2, 0.25) is 0 Å². The van der Waals surface area contributed by atoms with Gasteiger partial charge in [-0.3, -0.25) is 4.90 Å². The van der Waals surface area contributed by atoms with Crippen molar-refractivity contribution >= 4 is 11.4 Å². The van der Waals surface area contributed by atoms with Gasteiger partial charge >= 0.3 is 0 Å². The van der Waals surface area contributed by atoms with Gasteiger partial charge in [-0.15, -0.1) is 0 Å². The lowest BCUT2D eigenvalue weighted by molar-refractivity contribution is 0.193. The van der Waals surface area contributed by atoms with Crippen molar-refractivity contribution < 1.29 is 0 Å².